The minimum atomic E-state index is -3.02. The zero-order valence-electron chi connectivity index (χ0n) is 11.2. The van der Waals surface area contributed by atoms with E-state index in [1.165, 1.54) is 0 Å². The molecule has 0 fully saturated rings. The van der Waals surface area contributed by atoms with Crippen molar-refractivity contribution < 1.29 is 8.56 Å². The van der Waals surface area contributed by atoms with Gasteiger partial charge in [-0.25, -0.2) is 0 Å². The molecule has 18 heavy (non-hydrogen) atoms. The number of nitrogens with zero attached hydrogens (tertiary/aromatic N) is 1. The van der Waals surface area contributed by atoms with Gasteiger partial charge in [-0.3, -0.25) is 0 Å². The molecular formula is C13H18InNO3. The second-order valence-electron chi connectivity index (χ2n) is 4.38. The second-order valence-corrected chi connectivity index (χ2v) is 8.26. The standard InChI is InChI=1S/C7H5NO.2C3H7O.In/c8-5-6-3-1-2-4-7(6)9;2*1-3(2)4;/h1-4,9H;2*3H,1-2H3;/q;2*-1;+3/p-1. The molecule has 1 aromatic carbocycles. The van der Waals surface area contributed by atoms with Crippen LogP contribution in [0.4, 0.5) is 0 Å². The Morgan fingerprint density at radius 2 is 1.61 bits per heavy atom. The Morgan fingerprint density at radius 3 is 2.11 bits per heavy atom. The van der Waals surface area contributed by atoms with Crippen molar-refractivity contribution in [2.24, 2.45) is 0 Å². The van der Waals surface area contributed by atoms with E-state index in [2.05, 4.69) is 6.07 Å². The van der Waals surface area contributed by atoms with Crippen molar-refractivity contribution in [3.05, 3.63) is 29.8 Å². The normalized spacial score (nSPS) is 10.5. The summed E-state index contributed by atoms with van der Waals surface area (Å²) in [5, 5.41) is 9.01. The van der Waals surface area contributed by atoms with Crippen LogP contribution in [0.3, 0.4) is 0 Å². The van der Waals surface area contributed by atoms with Gasteiger partial charge in [0.15, 0.2) is 0 Å². The van der Waals surface area contributed by atoms with E-state index < -0.39 is 22.7 Å². The molecule has 0 aliphatic rings. The summed E-state index contributed by atoms with van der Waals surface area (Å²) in [6, 6.07) is 9.25. The fourth-order valence-electron chi connectivity index (χ4n) is 1.30. The monoisotopic (exact) mass is 351 g/mol. The van der Waals surface area contributed by atoms with Crippen LogP contribution in [0.15, 0.2) is 24.3 Å². The molecule has 0 radical (unpaired) electrons. The SMILES string of the molecule is CC(C)[O][In]([O]c1ccccc1C#N)[O]C(C)C. The predicted octanol–water partition coefficient (Wildman–Crippen LogP) is 2.77. The van der Waals surface area contributed by atoms with Gasteiger partial charge in [-0.15, -0.1) is 0 Å². The quantitative estimate of drug-likeness (QED) is 0.791. The van der Waals surface area contributed by atoms with Gasteiger partial charge in [-0.2, -0.15) is 0 Å². The number of nitriles is 1. The summed E-state index contributed by atoms with van der Waals surface area (Å²) in [6.07, 6.45) is 0.137. The Balaban J connectivity index is 2.79. The van der Waals surface area contributed by atoms with E-state index in [-0.39, 0.29) is 12.2 Å². The first-order chi connectivity index (χ1) is 8.52. The summed E-state index contributed by atoms with van der Waals surface area (Å²) < 4.78 is 17.2. The fourth-order valence-corrected chi connectivity index (χ4v) is 5.51. The molecule has 0 N–H and O–H groups in total. The van der Waals surface area contributed by atoms with Crippen LogP contribution in [-0.2, 0) is 5.71 Å². The van der Waals surface area contributed by atoms with Crippen LogP contribution < -0.4 is 2.85 Å². The van der Waals surface area contributed by atoms with E-state index >= 15 is 0 Å². The second kappa shape index (κ2) is 7.67. The van der Waals surface area contributed by atoms with Crippen LogP contribution in [-0.4, -0.2) is 35.0 Å². The molecule has 0 aliphatic heterocycles. The zero-order chi connectivity index (χ0) is 13.5. The number of hydrogen-bond donors (Lipinski definition) is 0. The van der Waals surface area contributed by atoms with Crippen molar-refractivity contribution >= 4 is 22.7 Å². The van der Waals surface area contributed by atoms with Crippen molar-refractivity contribution in [1.29, 1.82) is 5.26 Å². The minimum absolute atomic E-state index is 0.0683. The Hall–Kier alpha value is -0.700. The van der Waals surface area contributed by atoms with E-state index in [1.807, 2.05) is 39.8 Å². The van der Waals surface area contributed by atoms with Gasteiger partial charge in [0, 0.05) is 0 Å². The van der Waals surface area contributed by atoms with E-state index in [4.69, 9.17) is 13.8 Å². The number of para-hydroxylation sites is 1. The Labute approximate surface area is 118 Å². The first kappa shape index (κ1) is 15.4. The van der Waals surface area contributed by atoms with Gasteiger partial charge in [0.1, 0.15) is 0 Å². The summed E-state index contributed by atoms with van der Waals surface area (Å²) in [5.41, 5.74) is 0.513. The molecular weight excluding hydrogens is 333 g/mol. The van der Waals surface area contributed by atoms with E-state index in [9.17, 15) is 0 Å². The molecule has 1 aromatic rings. The van der Waals surface area contributed by atoms with Crippen LogP contribution in [0.25, 0.3) is 0 Å². The van der Waals surface area contributed by atoms with Gasteiger partial charge < -0.3 is 0 Å². The molecule has 0 aliphatic carbocycles. The third-order valence-electron chi connectivity index (χ3n) is 2.00. The van der Waals surface area contributed by atoms with Gasteiger partial charge in [0.05, 0.1) is 0 Å². The van der Waals surface area contributed by atoms with Crippen LogP contribution in [0.5, 0.6) is 5.75 Å². The average Bonchev–Trinajstić information content (AvgIpc) is 2.27. The first-order valence-electron chi connectivity index (χ1n) is 5.99. The zero-order valence-corrected chi connectivity index (χ0v) is 14.5. The molecule has 0 saturated heterocycles. The Bertz CT molecular complexity index is 405. The van der Waals surface area contributed by atoms with Crippen LogP contribution in [0, 0.1) is 11.3 Å². The fraction of sp³-hybridized carbons (Fsp3) is 0.462. The van der Waals surface area contributed by atoms with E-state index in [0.29, 0.717) is 11.3 Å². The van der Waals surface area contributed by atoms with Crippen molar-refractivity contribution in [3.63, 3.8) is 0 Å². The summed E-state index contributed by atoms with van der Waals surface area (Å²) >= 11 is -3.02. The van der Waals surface area contributed by atoms with Crippen molar-refractivity contribution in [3.8, 4) is 11.8 Å². The molecule has 0 spiro atoms. The predicted molar refractivity (Wildman–Crippen MR) is 70.0 cm³/mol. The van der Waals surface area contributed by atoms with Gasteiger partial charge in [0.2, 0.25) is 0 Å². The average molecular weight is 351 g/mol. The van der Waals surface area contributed by atoms with Crippen LogP contribution >= 0.6 is 0 Å². The van der Waals surface area contributed by atoms with Crippen molar-refractivity contribution in [2.45, 2.75) is 39.9 Å². The molecule has 0 unspecified atom stereocenters. The van der Waals surface area contributed by atoms with Gasteiger partial charge in [-0.1, -0.05) is 0 Å². The van der Waals surface area contributed by atoms with Gasteiger partial charge in [0.25, 0.3) is 0 Å². The third-order valence-corrected chi connectivity index (χ3v) is 7.65. The topological polar surface area (TPSA) is 51.5 Å². The van der Waals surface area contributed by atoms with E-state index in [0.717, 1.165) is 0 Å². The van der Waals surface area contributed by atoms with E-state index in [1.54, 1.807) is 12.1 Å². The van der Waals surface area contributed by atoms with Gasteiger partial charge >= 0.3 is 118 Å². The summed E-state index contributed by atoms with van der Waals surface area (Å²) in [5.74, 6) is 0.558. The molecule has 0 atom stereocenters. The first-order valence-corrected chi connectivity index (χ1v) is 10.0. The molecule has 4 nitrogen and oxygen atoms in total. The van der Waals surface area contributed by atoms with Crippen LogP contribution in [0.1, 0.15) is 33.3 Å². The molecule has 0 amide bonds. The molecule has 5 heteroatoms. The van der Waals surface area contributed by atoms with Gasteiger partial charge in [-0.05, 0) is 0 Å². The molecule has 0 saturated carbocycles. The summed E-state index contributed by atoms with van der Waals surface area (Å²) in [7, 11) is 0. The Kier molecular flexibility index (Phi) is 6.55. The molecule has 96 valence electrons. The van der Waals surface area contributed by atoms with Crippen molar-refractivity contribution in [2.75, 3.05) is 0 Å². The molecule has 0 bridgehead atoms. The summed E-state index contributed by atoms with van der Waals surface area (Å²) in [4.78, 5) is 0. The maximum atomic E-state index is 9.01. The molecule has 0 heterocycles. The summed E-state index contributed by atoms with van der Waals surface area (Å²) in [6.45, 7) is 7.81. The van der Waals surface area contributed by atoms with Crippen molar-refractivity contribution in [1.82, 2.24) is 0 Å². The molecule has 0 aromatic heterocycles. The number of hydrogen-bond acceptors (Lipinski definition) is 4. The maximum absolute atomic E-state index is 9.01. The molecule has 1 rings (SSSR count). The van der Waals surface area contributed by atoms with Crippen LogP contribution in [0.2, 0.25) is 0 Å². The number of rotatable bonds is 6. The third kappa shape index (κ3) is 5.30. The Morgan fingerprint density at radius 1 is 1.06 bits per heavy atom. The number of benzene rings is 1.